The van der Waals surface area contributed by atoms with Crippen LogP contribution in [0.3, 0.4) is 0 Å². The Bertz CT molecular complexity index is 1790. The quantitative estimate of drug-likeness (QED) is 0.0261. The summed E-state index contributed by atoms with van der Waals surface area (Å²) in [7, 11) is 0. The number of hydrogen-bond acceptors (Lipinski definition) is 6. The van der Waals surface area contributed by atoms with Crippen molar-refractivity contribution in [3.8, 4) is 0 Å². The maximum atomic E-state index is 12.9. The van der Waals surface area contributed by atoms with Crippen molar-refractivity contribution in [2.45, 2.75) is 277 Å². The molecule has 0 heterocycles. The minimum Gasteiger partial charge on any atom is -0.462 e. The molecule has 0 aromatic rings. The van der Waals surface area contributed by atoms with Crippen molar-refractivity contribution >= 4 is 17.9 Å². The van der Waals surface area contributed by atoms with Gasteiger partial charge in [0.1, 0.15) is 13.2 Å². The third kappa shape index (κ3) is 63.9. The van der Waals surface area contributed by atoms with Crippen LogP contribution in [0.25, 0.3) is 0 Å². The first-order valence-electron chi connectivity index (χ1n) is 32.5. The van der Waals surface area contributed by atoms with E-state index in [0.717, 1.165) is 141 Å². The molecule has 0 spiro atoms. The van der Waals surface area contributed by atoms with Crippen molar-refractivity contribution in [2.75, 3.05) is 13.2 Å². The van der Waals surface area contributed by atoms with Gasteiger partial charge in [0.05, 0.1) is 0 Å². The van der Waals surface area contributed by atoms with Gasteiger partial charge < -0.3 is 14.2 Å². The second-order valence-corrected chi connectivity index (χ2v) is 20.9. The lowest BCUT2D eigenvalue weighted by Gasteiger charge is -2.18. The molecular formula is C74H118O6. The van der Waals surface area contributed by atoms with Gasteiger partial charge in [-0.2, -0.15) is 0 Å². The van der Waals surface area contributed by atoms with E-state index in [-0.39, 0.29) is 31.1 Å². The molecule has 0 saturated heterocycles. The fourth-order valence-electron chi connectivity index (χ4n) is 8.44. The third-order valence-corrected chi connectivity index (χ3v) is 13.2. The Morgan fingerprint density at radius 3 is 0.787 bits per heavy atom. The number of carbonyl (C=O) groups is 3. The van der Waals surface area contributed by atoms with E-state index in [4.69, 9.17) is 14.2 Å². The number of unbranched alkanes of at least 4 members (excludes halogenated alkanes) is 20. The number of carbonyl (C=O) groups excluding carboxylic acids is 3. The van der Waals surface area contributed by atoms with Crippen LogP contribution in [0.4, 0.5) is 0 Å². The number of rotatable bonds is 57. The summed E-state index contributed by atoms with van der Waals surface area (Å²) in [5.74, 6) is -0.970. The maximum absolute atomic E-state index is 12.9. The summed E-state index contributed by atoms with van der Waals surface area (Å²) in [6.45, 7) is 6.35. The Balaban J connectivity index is 4.50. The summed E-state index contributed by atoms with van der Waals surface area (Å²) in [5.41, 5.74) is 0. The molecule has 450 valence electrons. The molecule has 0 aromatic heterocycles. The summed E-state index contributed by atoms with van der Waals surface area (Å²) in [5, 5.41) is 0. The van der Waals surface area contributed by atoms with Gasteiger partial charge >= 0.3 is 17.9 Å². The van der Waals surface area contributed by atoms with Crippen LogP contribution in [-0.4, -0.2) is 37.2 Å². The van der Waals surface area contributed by atoms with Gasteiger partial charge in [-0.25, -0.2) is 0 Å². The van der Waals surface area contributed by atoms with Crippen LogP contribution in [-0.2, 0) is 28.6 Å². The van der Waals surface area contributed by atoms with Gasteiger partial charge in [-0.3, -0.25) is 14.4 Å². The third-order valence-electron chi connectivity index (χ3n) is 13.2. The average Bonchev–Trinajstić information content (AvgIpc) is 3.46. The van der Waals surface area contributed by atoms with Crippen molar-refractivity contribution < 1.29 is 28.6 Å². The van der Waals surface area contributed by atoms with E-state index in [1.54, 1.807) is 0 Å². The van der Waals surface area contributed by atoms with Crippen molar-refractivity contribution in [2.24, 2.45) is 0 Å². The molecule has 0 N–H and O–H groups in total. The molecular weight excluding hydrogens is 985 g/mol. The second-order valence-electron chi connectivity index (χ2n) is 20.9. The minimum atomic E-state index is -0.814. The van der Waals surface area contributed by atoms with Crippen LogP contribution < -0.4 is 0 Å². The van der Waals surface area contributed by atoms with Crippen LogP contribution in [0, 0.1) is 0 Å². The van der Waals surface area contributed by atoms with Crippen molar-refractivity contribution in [3.05, 3.63) is 158 Å². The molecule has 0 bridgehead atoms. The summed E-state index contributed by atoms with van der Waals surface area (Å²) in [6.07, 6.45) is 96.7. The normalized spacial score (nSPS) is 13.2. The summed E-state index contributed by atoms with van der Waals surface area (Å²) < 4.78 is 16.9. The first kappa shape index (κ1) is 75.0. The van der Waals surface area contributed by atoms with Gasteiger partial charge in [0.25, 0.3) is 0 Å². The predicted octanol–water partition coefficient (Wildman–Crippen LogP) is 22.5. The van der Waals surface area contributed by atoms with Crippen molar-refractivity contribution in [1.29, 1.82) is 0 Å². The Hall–Kier alpha value is -4.97. The summed E-state index contributed by atoms with van der Waals surface area (Å²) >= 11 is 0. The number of hydrogen-bond donors (Lipinski definition) is 0. The first-order valence-corrected chi connectivity index (χ1v) is 32.5. The van der Waals surface area contributed by atoms with Gasteiger partial charge in [0, 0.05) is 19.3 Å². The van der Waals surface area contributed by atoms with E-state index in [1.807, 2.05) is 0 Å². The van der Waals surface area contributed by atoms with Crippen LogP contribution in [0.2, 0.25) is 0 Å². The summed E-state index contributed by atoms with van der Waals surface area (Å²) in [6, 6.07) is 0. The molecule has 1 atom stereocenters. The Morgan fingerprint density at radius 1 is 0.263 bits per heavy atom. The summed E-state index contributed by atoms with van der Waals surface area (Å²) in [4.78, 5) is 38.4. The fourth-order valence-corrected chi connectivity index (χ4v) is 8.44. The second kappa shape index (κ2) is 66.5. The zero-order valence-corrected chi connectivity index (χ0v) is 51.5. The number of allylic oxidation sites excluding steroid dienone is 26. The lowest BCUT2D eigenvalue weighted by Crippen LogP contribution is -2.30. The van der Waals surface area contributed by atoms with Gasteiger partial charge in [-0.05, 0) is 148 Å². The lowest BCUT2D eigenvalue weighted by molar-refractivity contribution is -0.167. The Kier molecular flexibility index (Phi) is 62.4. The average molecular weight is 1100 g/mol. The molecule has 0 aliphatic heterocycles. The molecule has 0 amide bonds. The highest BCUT2D eigenvalue weighted by atomic mass is 16.6. The highest BCUT2D eigenvalue weighted by Crippen LogP contribution is 2.14. The maximum Gasteiger partial charge on any atom is 0.306 e. The van der Waals surface area contributed by atoms with Crippen molar-refractivity contribution in [3.63, 3.8) is 0 Å². The van der Waals surface area contributed by atoms with Crippen LogP contribution in [0.5, 0.6) is 0 Å². The molecule has 6 nitrogen and oxygen atoms in total. The molecule has 0 aliphatic carbocycles. The van der Waals surface area contributed by atoms with E-state index in [1.165, 1.54) is 83.5 Å². The van der Waals surface area contributed by atoms with E-state index in [2.05, 4.69) is 179 Å². The van der Waals surface area contributed by atoms with E-state index in [0.29, 0.717) is 25.7 Å². The van der Waals surface area contributed by atoms with Gasteiger partial charge in [-0.15, -0.1) is 0 Å². The van der Waals surface area contributed by atoms with Crippen molar-refractivity contribution in [1.82, 2.24) is 0 Å². The predicted molar refractivity (Wildman–Crippen MR) is 348 cm³/mol. The SMILES string of the molecule is CC/C=C\C/C=C\C/C=C\C/C=C\C/C=C\C/C=C\C/C=C\C/C=C\CCCCC(=O)OCC(COC(=O)CCCCCCCCC/C=C\C/C=C\C/C=C\CC)OC(=O)CCCCCCCCC/C=C\C/C=C\CCCCCC. The molecule has 0 fully saturated rings. The first-order chi connectivity index (χ1) is 39.5. The van der Waals surface area contributed by atoms with Gasteiger partial charge in [-0.1, -0.05) is 262 Å². The molecule has 6 heteroatoms. The molecule has 0 radical (unpaired) electrons. The van der Waals surface area contributed by atoms with E-state index in [9.17, 15) is 14.4 Å². The molecule has 0 saturated carbocycles. The number of esters is 3. The topological polar surface area (TPSA) is 78.9 Å². The zero-order chi connectivity index (χ0) is 57.8. The molecule has 1 unspecified atom stereocenters. The highest BCUT2D eigenvalue weighted by Gasteiger charge is 2.19. The molecule has 0 aliphatic rings. The monoisotopic (exact) mass is 1100 g/mol. The van der Waals surface area contributed by atoms with E-state index < -0.39 is 6.10 Å². The zero-order valence-electron chi connectivity index (χ0n) is 51.5. The molecule has 0 aromatic carbocycles. The minimum absolute atomic E-state index is 0.107. The van der Waals surface area contributed by atoms with Gasteiger partial charge in [0.2, 0.25) is 0 Å². The van der Waals surface area contributed by atoms with E-state index >= 15 is 0 Å². The van der Waals surface area contributed by atoms with Crippen LogP contribution >= 0.6 is 0 Å². The van der Waals surface area contributed by atoms with Crippen LogP contribution in [0.1, 0.15) is 271 Å². The fraction of sp³-hybridized carbons (Fsp3) is 0.608. The molecule has 0 rings (SSSR count). The largest absolute Gasteiger partial charge is 0.462 e. The smallest absolute Gasteiger partial charge is 0.306 e. The molecule has 80 heavy (non-hydrogen) atoms. The van der Waals surface area contributed by atoms with Gasteiger partial charge in [0.15, 0.2) is 6.10 Å². The Morgan fingerprint density at radius 2 is 0.487 bits per heavy atom. The van der Waals surface area contributed by atoms with Crippen LogP contribution in [0.15, 0.2) is 158 Å². The lowest BCUT2D eigenvalue weighted by atomic mass is 10.1. The number of ether oxygens (including phenoxy) is 3. The highest BCUT2D eigenvalue weighted by molar-refractivity contribution is 5.71. The Labute approximate surface area is 492 Å². The standard InChI is InChI=1S/C74H118O6/c1-4-7-10-13-16-19-22-25-28-31-33-34-35-36-37-38-39-40-41-44-46-49-52-55-58-61-64-67-73(76)79-70-71(69-78-72(75)66-63-60-57-54-51-48-45-42-30-27-24-21-18-15-12-9-6-3)80-74(77)68-65-62-59-56-53-50-47-43-32-29-26-23-20-17-14-11-8-5-2/h7,9-10,12,16,18-21,23,25,27-30,32-34,36-37,39-40,44,46,52,55,71H,4-6,8,11,13-15,17,22,24,26,31,35,38,41-43,45,47-51,53-54,56-70H2,1-3H3/b10-7-,12-9-,19-16-,21-18-,23-20-,28-25-,30-27-,32-29-,34-33-,37-36-,40-39-,46-44-,55-52-.